The highest BCUT2D eigenvalue weighted by Gasteiger charge is 2.55. The molecule has 1 aromatic rings. The van der Waals surface area contributed by atoms with Crippen LogP contribution in [0.25, 0.3) is 0 Å². The van der Waals surface area contributed by atoms with Gasteiger partial charge in [-0.15, -0.1) is 0 Å². The summed E-state index contributed by atoms with van der Waals surface area (Å²) in [5.74, 6) is 0.499. The van der Waals surface area contributed by atoms with Crippen molar-refractivity contribution in [1.82, 2.24) is 0 Å². The Kier molecular flexibility index (Phi) is 3.15. The van der Waals surface area contributed by atoms with E-state index in [1.165, 1.54) is 12.5 Å². The van der Waals surface area contributed by atoms with E-state index in [0.717, 1.165) is 19.3 Å². The maximum absolute atomic E-state index is 13.3. The van der Waals surface area contributed by atoms with Crippen LogP contribution in [0.4, 0.5) is 4.39 Å². The van der Waals surface area contributed by atoms with Gasteiger partial charge in [0, 0.05) is 0 Å². The maximum atomic E-state index is 13.3. The molecule has 4 unspecified atom stereocenters. The van der Waals surface area contributed by atoms with Crippen LogP contribution in [0.5, 0.6) is 0 Å². The van der Waals surface area contributed by atoms with Crippen molar-refractivity contribution in [3.8, 4) is 6.07 Å². The van der Waals surface area contributed by atoms with Gasteiger partial charge in [-0.3, -0.25) is 0 Å². The van der Waals surface area contributed by atoms with Gasteiger partial charge in [0.2, 0.25) is 0 Å². The minimum Gasteiger partial charge on any atom is -0.387 e. The second kappa shape index (κ2) is 4.57. The molecule has 1 aromatic carbocycles. The summed E-state index contributed by atoms with van der Waals surface area (Å²) in [4.78, 5) is 0. The fourth-order valence-electron chi connectivity index (χ4n) is 3.89. The van der Waals surface area contributed by atoms with E-state index in [4.69, 9.17) is 0 Å². The number of halogens is 2. The third-order valence-corrected chi connectivity index (χ3v) is 5.46. The Morgan fingerprint density at radius 1 is 1.47 bits per heavy atom. The third kappa shape index (κ3) is 1.91. The molecule has 0 saturated heterocycles. The summed E-state index contributed by atoms with van der Waals surface area (Å²) >= 11 is 3.13. The molecule has 2 nitrogen and oxygen atoms in total. The molecule has 0 aliphatic heterocycles. The van der Waals surface area contributed by atoms with E-state index in [-0.39, 0.29) is 11.7 Å². The molecule has 0 amide bonds. The maximum Gasteiger partial charge on any atom is 0.137 e. The summed E-state index contributed by atoms with van der Waals surface area (Å²) < 4.78 is 13.6. The molecule has 4 atom stereocenters. The lowest BCUT2D eigenvalue weighted by molar-refractivity contribution is 0.0232. The van der Waals surface area contributed by atoms with E-state index in [0.29, 0.717) is 16.0 Å². The highest BCUT2D eigenvalue weighted by Crippen LogP contribution is 2.60. The van der Waals surface area contributed by atoms with Crippen LogP contribution in [0.2, 0.25) is 0 Å². The number of aliphatic hydroxyl groups is 1. The summed E-state index contributed by atoms with van der Waals surface area (Å²) in [5, 5.41) is 20.2. The van der Waals surface area contributed by atoms with E-state index in [9.17, 15) is 14.8 Å². The van der Waals surface area contributed by atoms with Crippen LogP contribution < -0.4 is 0 Å². The third-order valence-electron chi connectivity index (χ3n) is 4.85. The first-order valence-corrected chi connectivity index (χ1v) is 7.40. The molecule has 2 saturated carbocycles. The van der Waals surface area contributed by atoms with Crippen LogP contribution >= 0.6 is 15.9 Å². The number of nitriles is 1. The van der Waals surface area contributed by atoms with Gasteiger partial charge in [-0.25, -0.2) is 4.39 Å². The molecule has 0 aromatic heterocycles. The molecule has 3 rings (SSSR count). The van der Waals surface area contributed by atoms with Crippen molar-refractivity contribution in [3.05, 3.63) is 34.1 Å². The lowest BCUT2D eigenvalue weighted by Gasteiger charge is -2.35. The van der Waals surface area contributed by atoms with Crippen molar-refractivity contribution in [2.24, 2.45) is 17.3 Å². The van der Waals surface area contributed by atoms with Gasteiger partial charge in [0.1, 0.15) is 5.82 Å². The van der Waals surface area contributed by atoms with Crippen molar-refractivity contribution in [3.63, 3.8) is 0 Å². The molecule has 2 fully saturated rings. The number of rotatable bonds is 2. The molecule has 0 spiro atoms. The van der Waals surface area contributed by atoms with Gasteiger partial charge in [-0.1, -0.05) is 12.5 Å². The van der Waals surface area contributed by atoms with Crippen LogP contribution in [-0.2, 0) is 0 Å². The number of aliphatic hydroxyl groups excluding tert-OH is 1. The standard InChI is InChI=1S/C15H15BrFNO/c16-12-6-10(2-4-13(12)17)14(19)15(8-18)7-9-1-3-11(15)5-9/h2,4,6,9,11,14,19H,1,3,5,7H2. The number of hydrogen-bond acceptors (Lipinski definition) is 2. The summed E-state index contributed by atoms with van der Waals surface area (Å²) in [7, 11) is 0. The Morgan fingerprint density at radius 2 is 2.26 bits per heavy atom. The van der Waals surface area contributed by atoms with E-state index in [2.05, 4.69) is 22.0 Å². The molecule has 0 radical (unpaired) electrons. The van der Waals surface area contributed by atoms with Crippen LogP contribution in [0.15, 0.2) is 22.7 Å². The summed E-state index contributed by atoms with van der Waals surface area (Å²) in [6.07, 6.45) is 3.19. The average Bonchev–Trinajstić information content (AvgIpc) is 3.02. The minimum absolute atomic E-state index is 0.279. The SMILES string of the molecule is N#CC1(C(O)c2ccc(F)c(Br)c2)CC2CCC1C2. The molecule has 2 bridgehead atoms. The predicted octanol–water partition coefficient (Wildman–Crippen LogP) is 3.95. The van der Waals surface area contributed by atoms with Crippen molar-refractivity contribution in [2.75, 3.05) is 0 Å². The van der Waals surface area contributed by atoms with Crippen molar-refractivity contribution in [1.29, 1.82) is 5.26 Å². The zero-order valence-electron chi connectivity index (χ0n) is 10.4. The fraction of sp³-hybridized carbons (Fsp3) is 0.533. The zero-order chi connectivity index (χ0) is 13.6. The van der Waals surface area contributed by atoms with Crippen LogP contribution in [0.3, 0.4) is 0 Å². The Bertz CT molecular complexity index is 556. The smallest absolute Gasteiger partial charge is 0.137 e. The number of hydrogen-bond donors (Lipinski definition) is 1. The first-order valence-electron chi connectivity index (χ1n) is 6.61. The molecular formula is C15H15BrFNO. The highest BCUT2D eigenvalue weighted by atomic mass is 79.9. The normalized spacial score (nSPS) is 34.2. The average molecular weight is 324 g/mol. The van der Waals surface area contributed by atoms with Crippen molar-refractivity contribution >= 4 is 15.9 Å². The zero-order valence-corrected chi connectivity index (χ0v) is 12.0. The lowest BCUT2D eigenvalue weighted by Crippen LogP contribution is -2.33. The predicted molar refractivity (Wildman–Crippen MR) is 72.6 cm³/mol. The van der Waals surface area contributed by atoms with Gasteiger partial charge in [-0.2, -0.15) is 5.26 Å². The van der Waals surface area contributed by atoms with E-state index < -0.39 is 11.5 Å². The Balaban J connectivity index is 1.96. The number of benzene rings is 1. The monoisotopic (exact) mass is 323 g/mol. The second-order valence-corrected chi connectivity index (χ2v) is 6.66. The Labute approximate surface area is 120 Å². The largest absolute Gasteiger partial charge is 0.387 e. The topological polar surface area (TPSA) is 44.0 Å². The van der Waals surface area contributed by atoms with E-state index in [1.54, 1.807) is 12.1 Å². The molecule has 19 heavy (non-hydrogen) atoms. The van der Waals surface area contributed by atoms with Crippen LogP contribution in [-0.4, -0.2) is 5.11 Å². The highest BCUT2D eigenvalue weighted by molar-refractivity contribution is 9.10. The Morgan fingerprint density at radius 3 is 2.79 bits per heavy atom. The molecule has 100 valence electrons. The molecule has 2 aliphatic rings. The first kappa shape index (κ1) is 13.1. The molecule has 1 N–H and O–H groups in total. The Hall–Kier alpha value is -0.920. The summed E-state index contributed by atoms with van der Waals surface area (Å²) in [5.41, 5.74) is -0.0532. The quantitative estimate of drug-likeness (QED) is 0.895. The lowest BCUT2D eigenvalue weighted by atomic mass is 9.68. The molecule has 0 heterocycles. The molecular weight excluding hydrogens is 309 g/mol. The van der Waals surface area contributed by atoms with Gasteiger partial charge < -0.3 is 5.11 Å². The van der Waals surface area contributed by atoms with E-state index >= 15 is 0 Å². The van der Waals surface area contributed by atoms with Gasteiger partial charge in [0.25, 0.3) is 0 Å². The van der Waals surface area contributed by atoms with Gasteiger partial charge in [0.05, 0.1) is 22.1 Å². The summed E-state index contributed by atoms with van der Waals surface area (Å²) in [6.45, 7) is 0. The molecule has 4 heteroatoms. The van der Waals surface area contributed by atoms with Crippen molar-refractivity contribution in [2.45, 2.75) is 31.8 Å². The van der Waals surface area contributed by atoms with Gasteiger partial charge in [0.15, 0.2) is 0 Å². The number of fused-ring (bicyclic) bond motifs is 2. The van der Waals surface area contributed by atoms with E-state index in [1.807, 2.05) is 0 Å². The summed E-state index contributed by atoms with van der Waals surface area (Å²) in [6, 6.07) is 6.88. The van der Waals surface area contributed by atoms with Crippen LogP contribution in [0, 0.1) is 34.4 Å². The second-order valence-electron chi connectivity index (χ2n) is 5.81. The minimum atomic E-state index is -0.829. The first-order chi connectivity index (χ1) is 9.06. The van der Waals surface area contributed by atoms with Crippen molar-refractivity contribution < 1.29 is 9.50 Å². The van der Waals surface area contributed by atoms with Gasteiger partial charge in [-0.05, 0) is 64.7 Å². The fourth-order valence-corrected chi connectivity index (χ4v) is 4.28. The van der Waals surface area contributed by atoms with Crippen LogP contribution in [0.1, 0.15) is 37.4 Å². The molecule has 2 aliphatic carbocycles. The number of nitrogens with zero attached hydrogens (tertiary/aromatic N) is 1. The van der Waals surface area contributed by atoms with Gasteiger partial charge >= 0.3 is 0 Å².